The molecule has 3 rings (SSSR count). The highest BCUT2D eigenvalue weighted by Gasteiger charge is 2.32. The van der Waals surface area contributed by atoms with Crippen LogP contribution in [-0.4, -0.2) is 82.5 Å². The Kier molecular flexibility index (Phi) is 7.88. The third-order valence-electron chi connectivity index (χ3n) is 5.61. The maximum absolute atomic E-state index is 14.0. The van der Waals surface area contributed by atoms with Gasteiger partial charge in [-0.2, -0.15) is 4.31 Å². The highest BCUT2D eigenvalue weighted by molar-refractivity contribution is 7.89. The Morgan fingerprint density at radius 1 is 1.09 bits per heavy atom. The zero-order chi connectivity index (χ0) is 24.2. The summed E-state index contributed by atoms with van der Waals surface area (Å²) in [5, 5.41) is 2.90. The number of carbonyl (C=O) groups excluding carboxylic acids is 1. The number of benzene rings is 2. The predicted molar refractivity (Wildman–Crippen MR) is 120 cm³/mol. The molecule has 33 heavy (non-hydrogen) atoms. The molecular formula is C22H28F2N4O4S. The molecule has 0 aliphatic carbocycles. The third kappa shape index (κ3) is 5.79. The van der Waals surface area contributed by atoms with Crippen molar-refractivity contribution in [2.75, 3.05) is 53.9 Å². The number of likely N-dealkylation sites (N-methyl/N-ethyl adjacent to an activating group) is 1. The number of methoxy groups -OCH3 is 1. The van der Waals surface area contributed by atoms with E-state index in [-0.39, 0.29) is 38.3 Å². The minimum absolute atomic E-state index is 0.0126. The largest absolute Gasteiger partial charge is 0.497 e. The van der Waals surface area contributed by atoms with E-state index in [2.05, 4.69) is 5.32 Å². The summed E-state index contributed by atoms with van der Waals surface area (Å²) < 4.78 is 59.1. The minimum atomic E-state index is -4.20. The number of halogens is 2. The second-order valence-electron chi connectivity index (χ2n) is 7.90. The molecule has 2 amide bonds. The van der Waals surface area contributed by atoms with E-state index in [0.29, 0.717) is 12.6 Å². The number of hydrogen-bond donors (Lipinski definition) is 1. The molecule has 0 unspecified atom stereocenters. The average Bonchev–Trinajstić information content (AvgIpc) is 2.80. The average molecular weight is 483 g/mol. The molecule has 0 saturated carbocycles. The molecule has 0 spiro atoms. The first-order valence-electron chi connectivity index (χ1n) is 10.4. The van der Waals surface area contributed by atoms with Crippen molar-refractivity contribution in [3.8, 4) is 5.75 Å². The number of nitrogens with one attached hydrogen (secondary N) is 1. The summed E-state index contributed by atoms with van der Waals surface area (Å²) in [6.07, 6.45) is 0. The van der Waals surface area contributed by atoms with Crippen LogP contribution < -0.4 is 10.1 Å². The molecule has 8 nitrogen and oxygen atoms in total. The van der Waals surface area contributed by atoms with E-state index in [1.54, 1.807) is 7.11 Å². The molecule has 1 saturated heterocycles. The monoisotopic (exact) mass is 482 g/mol. The van der Waals surface area contributed by atoms with Gasteiger partial charge in [0.25, 0.3) is 0 Å². The van der Waals surface area contributed by atoms with Gasteiger partial charge in [-0.25, -0.2) is 22.0 Å². The number of urea groups is 1. The van der Waals surface area contributed by atoms with Crippen LogP contribution in [0.2, 0.25) is 0 Å². The van der Waals surface area contributed by atoms with Crippen molar-refractivity contribution < 1.29 is 26.7 Å². The van der Waals surface area contributed by atoms with Gasteiger partial charge in [0.1, 0.15) is 22.3 Å². The standard InChI is InChI=1S/C22H28F2N4O4S/c1-26(2)20(16-4-7-18(32-3)8-5-16)15-25-22(29)27-10-12-28(13-11-27)33(30,31)21-14-17(23)6-9-19(21)24/h4-9,14,20H,10-13,15H2,1-3H3,(H,25,29)/t20-/m1/s1. The topological polar surface area (TPSA) is 82.2 Å². The zero-order valence-electron chi connectivity index (χ0n) is 18.8. The van der Waals surface area contributed by atoms with Crippen molar-refractivity contribution in [3.63, 3.8) is 0 Å². The first-order valence-corrected chi connectivity index (χ1v) is 11.9. The molecule has 2 aromatic rings. The summed E-state index contributed by atoms with van der Waals surface area (Å²) in [6, 6.07) is 9.52. The Balaban J connectivity index is 1.59. The van der Waals surface area contributed by atoms with Gasteiger partial charge in [-0.15, -0.1) is 0 Å². The van der Waals surface area contributed by atoms with Crippen molar-refractivity contribution in [2.45, 2.75) is 10.9 Å². The van der Waals surface area contributed by atoms with Crippen LogP contribution in [0, 0.1) is 11.6 Å². The number of rotatable bonds is 7. The predicted octanol–water partition coefficient (Wildman–Crippen LogP) is 2.29. The molecule has 0 radical (unpaired) electrons. The number of ether oxygens (including phenoxy) is 1. The zero-order valence-corrected chi connectivity index (χ0v) is 19.6. The van der Waals surface area contributed by atoms with Crippen LogP contribution in [-0.2, 0) is 10.0 Å². The van der Waals surface area contributed by atoms with E-state index in [4.69, 9.17) is 4.74 Å². The molecular weight excluding hydrogens is 454 g/mol. The van der Waals surface area contributed by atoms with E-state index in [1.165, 1.54) is 4.90 Å². The van der Waals surface area contributed by atoms with Crippen LogP contribution in [0.25, 0.3) is 0 Å². The van der Waals surface area contributed by atoms with Crippen molar-refractivity contribution in [3.05, 3.63) is 59.7 Å². The normalized spacial score (nSPS) is 16.0. The van der Waals surface area contributed by atoms with Crippen LogP contribution in [0.15, 0.2) is 47.4 Å². The smallest absolute Gasteiger partial charge is 0.317 e. The van der Waals surface area contributed by atoms with Crippen LogP contribution in [0.3, 0.4) is 0 Å². The Bertz CT molecular complexity index is 1070. The Morgan fingerprint density at radius 2 is 1.73 bits per heavy atom. The van der Waals surface area contributed by atoms with Gasteiger partial charge < -0.3 is 19.9 Å². The molecule has 0 bridgehead atoms. The van der Waals surface area contributed by atoms with Crippen molar-refractivity contribution in [1.82, 2.24) is 19.4 Å². The van der Waals surface area contributed by atoms with Crippen molar-refractivity contribution in [1.29, 1.82) is 0 Å². The molecule has 1 aliphatic rings. The van der Waals surface area contributed by atoms with Gasteiger partial charge in [0.05, 0.1) is 13.2 Å². The maximum Gasteiger partial charge on any atom is 0.317 e. The lowest BCUT2D eigenvalue weighted by Gasteiger charge is -2.34. The number of carbonyl (C=O) groups is 1. The lowest BCUT2D eigenvalue weighted by Crippen LogP contribution is -2.53. The summed E-state index contributed by atoms with van der Waals surface area (Å²) in [7, 11) is 1.22. The Hall–Kier alpha value is -2.76. The van der Waals surface area contributed by atoms with E-state index >= 15 is 0 Å². The van der Waals surface area contributed by atoms with E-state index in [9.17, 15) is 22.0 Å². The molecule has 1 atom stereocenters. The first kappa shape index (κ1) is 24.9. The van der Waals surface area contributed by atoms with Gasteiger partial charge in [0.15, 0.2) is 0 Å². The fraction of sp³-hybridized carbons (Fsp3) is 0.409. The van der Waals surface area contributed by atoms with Crippen LogP contribution in [0.5, 0.6) is 5.75 Å². The molecule has 1 N–H and O–H groups in total. The van der Waals surface area contributed by atoms with Gasteiger partial charge in [0.2, 0.25) is 10.0 Å². The fourth-order valence-corrected chi connectivity index (χ4v) is 5.16. The second-order valence-corrected chi connectivity index (χ2v) is 9.81. The lowest BCUT2D eigenvalue weighted by atomic mass is 10.1. The minimum Gasteiger partial charge on any atom is -0.497 e. The highest BCUT2D eigenvalue weighted by atomic mass is 32.2. The summed E-state index contributed by atoms with van der Waals surface area (Å²) >= 11 is 0. The number of nitrogens with zero attached hydrogens (tertiary/aromatic N) is 3. The molecule has 180 valence electrons. The van der Waals surface area contributed by atoms with Crippen molar-refractivity contribution in [2.24, 2.45) is 0 Å². The summed E-state index contributed by atoms with van der Waals surface area (Å²) in [4.78, 5) is 15.5. The van der Waals surface area contributed by atoms with E-state index in [1.807, 2.05) is 43.3 Å². The number of amides is 2. The SMILES string of the molecule is COc1ccc([C@@H](CNC(=O)N2CCN(S(=O)(=O)c3cc(F)ccc3F)CC2)N(C)C)cc1. The van der Waals surface area contributed by atoms with Gasteiger partial charge in [-0.3, -0.25) is 0 Å². The third-order valence-corrected chi connectivity index (χ3v) is 7.52. The summed E-state index contributed by atoms with van der Waals surface area (Å²) in [5.74, 6) is -1.10. The lowest BCUT2D eigenvalue weighted by molar-refractivity contribution is 0.168. The van der Waals surface area contributed by atoms with Gasteiger partial charge >= 0.3 is 6.03 Å². The van der Waals surface area contributed by atoms with Gasteiger partial charge in [0, 0.05) is 32.7 Å². The number of hydrogen-bond acceptors (Lipinski definition) is 5. The number of sulfonamides is 1. The second kappa shape index (κ2) is 10.4. The molecule has 1 aliphatic heterocycles. The van der Waals surface area contributed by atoms with Gasteiger partial charge in [-0.1, -0.05) is 12.1 Å². The van der Waals surface area contributed by atoms with Crippen LogP contribution in [0.1, 0.15) is 11.6 Å². The van der Waals surface area contributed by atoms with Crippen LogP contribution >= 0.6 is 0 Å². The Labute approximate surface area is 192 Å². The van der Waals surface area contributed by atoms with Crippen molar-refractivity contribution >= 4 is 16.1 Å². The van der Waals surface area contributed by atoms with Crippen LogP contribution in [0.4, 0.5) is 13.6 Å². The Morgan fingerprint density at radius 3 is 2.30 bits per heavy atom. The highest BCUT2D eigenvalue weighted by Crippen LogP contribution is 2.23. The summed E-state index contributed by atoms with van der Waals surface area (Å²) in [6.45, 7) is 0.599. The van der Waals surface area contributed by atoms with E-state index < -0.39 is 26.6 Å². The van der Waals surface area contributed by atoms with E-state index in [0.717, 1.165) is 27.8 Å². The molecule has 11 heteroatoms. The molecule has 0 aromatic heterocycles. The molecule has 1 heterocycles. The first-order chi connectivity index (χ1) is 15.6. The quantitative estimate of drug-likeness (QED) is 0.655. The summed E-state index contributed by atoms with van der Waals surface area (Å²) in [5.41, 5.74) is 1.01. The number of piperazine rings is 1. The molecule has 2 aromatic carbocycles. The fourth-order valence-electron chi connectivity index (χ4n) is 3.67. The van der Waals surface area contributed by atoms with Gasteiger partial charge in [-0.05, 0) is 50.0 Å². The maximum atomic E-state index is 14.0. The molecule has 1 fully saturated rings.